The molecule has 0 saturated carbocycles. The number of hydrogen-bond donors (Lipinski definition) is 2. The Balaban J connectivity index is 1.41. The van der Waals surface area contributed by atoms with Gasteiger partial charge in [0.25, 0.3) is 5.69 Å². The van der Waals surface area contributed by atoms with Crippen LogP contribution in [0.5, 0.6) is 5.75 Å². The molecule has 0 radical (unpaired) electrons. The molecule has 11 heteroatoms. The van der Waals surface area contributed by atoms with E-state index in [1.807, 2.05) is 5.38 Å². The largest absolute Gasteiger partial charge is 0.497 e. The number of nitrogens with one attached hydrogen (secondary N) is 2. The van der Waals surface area contributed by atoms with Gasteiger partial charge in [-0.2, -0.15) is 0 Å². The van der Waals surface area contributed by atoms with Crippen LogP contribution in [0.3, 0.4) is 0 Å². The van der Waals surface area contributed by atoms with Crippen LogP contribution >= 0.6 is 23.1 Å². The van der Waals surface area contributed by atoms with Crippen molar-refractivity contribution < 1.29 is 19.2 Å². The third-order valence-corrected chi connectivity index (χ3v) is 5.94. The lowest BCUT2D eigenvalue weighted by atomic mass is 10.2. The lowest BCUT2D eigenvalue weighted by Gasteiger charge is -2.05. The number of benzene rings is 2. The van der Waals surface area contributed by atoms with Crippen molar-refractivity contribution in [2.45, 2.75) is 5.75 Å². The predicted octanol–water partition coefficient (Wildman–Crippen LogP) is 4.58. The number of non-ortho nitro benzene ring substituents is 1. The fraction of sp³-hybridized carbons (Fsp3) is 0.136. The van der Waals surface area contributed by atoms with Crippen molar-refractivity contribution in [3.8, 4) is 5.75 Å². The first-order valence-electron chi connectivity index (χ1n) is 9.62. The SMILES string of the molecule is COc1ccc(NC(=O)CSCc2csc(NC(=O)/C=C/c3ccc([N+](=O)[O-])cc3)n2)cc1. The first-order valence-corrected chi connectivity index (χ1v) is 11.7. The maximum Gasteiger partial charge on any atom is 0.269 e. The fourth-order valence-corrected chi connectivity index (χ4v) is 4.11. The van der Waals surface area contributed by atoms with Crippen LogP contribution in [-0.2, 0) is 15.3 Å². The van der Waals surface area contributed by atoms with Crippen LogP contribution in [-0.4, -0.2) is 34.6 Å². The number of nitro groups is 1. The lowest BCUT2D eigenvalue weighted by Crippen LogP contribution is -2.14. The van der Waals surface area contributed by atoms with Gasteiger partial charge in [-0.25, -0.2) is 4.98 Å². The van der Waals surface area contributed by atoms with Crippen LogP contribution in [0.15, 0.2) is 60.0 Å². The fourth-order valence-electron chi connectivity index (χ4n) is 2.58. The first kappa shape index (κ1) is 24.0. The molecule has 0 atom stereocenters. The quantitative estimate of drug-likeness (QED) is 0.245. The van der Waals surface area contributed by atoms with Crippen LogP contribution in [0.1, 0.15) is 11.3 Å². The molecule has 0 fully saturated rings. The van der Waals surface area contributed by atoms with E-state index in [0.717, 1.165) is 11.4 Å². The zero-order valence-electron chi connectivity index (χ0n) is 17.5. The average molecular weight is 485 g/mol. The number of ether oxygens (including phenoxy) is 1. The van der Waals surface area contributed by atoms with Crippen LogP contribution in [0.4, 0.5) is 16.5 Å². The molecule has 9 nitrogen and oxygen atoms in total. The molecule has 1 aromatic heterocycles. The Hall–Kier alpha value is -3.70. The Labute approximate surface area is 198 Å². The van der Waals surface area contributed by atoms with E-state index in [4.69, 9.17) is 4.74 Å². The van der Waals surface area contributed by atoms with E-state index in [-0.39, 0.29) is 23.3 Å². The highest BCUT2D eigenvalue weighted by Crippen LogP contribution is 2.21. The number of hydrogen-bond acceptors (Lipinski definition) is 8. The van der Waals surface area contributed by atoms with Crippen molar-refractivity contribution in [1.29, 1.82) is 0 Å². The van der Waals surface area contributed by atoms with Crippen molar-refractivity contribution in [2.75, 3.05) is 23.5 Å². The van der Waals surface area contributed by atoms with Crippen LogP contribution in [0, 0.1) is 10.1 Å². The molecule has 0 aliphatic rings. The molecule has 0 aliphatic carbocycles. The molecule has 0 saturated heterocycles. The summed E-state index contributed by atoms with van der Waals surface area (Å²) in [6, 6.07) is 13.0. The molecule has 0 aliphatic heterocycles. The Morgan fingerprint density at radius 1 is 1.15 bits per heavy atom. The summed E-state index contributed by atoms with van der Waals surface area (Å²) in [4.78, 5) is 38.7. The number of rotatable bonds is 10. The second-order valence-corrected chi connectivity index (χ2v) is 8.43. The van der Waals surface area contributed by atoms with Crippen LogP contribution < -0.4 is 15.4 Å². The third-order valence-electron chi connectivity index (χ3n) is 4.17. The van der Waals surface area contributed by atoms with Crippen LogP contribution in [0.25, 0.3) is 6.08 Å². The Bertz CT molecular complexity index is 1140. The molecule has 33 heavy (non-hydrogen) atoms. The van der Waals surface area contributed by atoms with Crippen molar-refractivity contribution in [2.24, 2.45) is 0 Å². The smallest absolute Gasteiger partial charge is 0.269 e. The minimum absolute atomic E-state index is 0.0111. The highest BCUT2D eigenvalue weighted by atomic mass is 32.2. The summed E-state index contributed by atoms with van der Waals surface area (Å²) >= 11 is 2.71. The number of carbonyl (C=O) groups excluding carboxylic acids is 2. The van der Waals surface area contributed by atoms with Gasteiger partial charge in [0, 0.05) is 35.0 Å². The highest BCUT2D eigenvalue weighted by molar-refractivity contribution is 7.99. The Morgan fingerprint density at radius 3 is 2.55 bits per heavy atom. The van der Waals surface area contributed by atoms with E-state index in [1.165, 1.54) is 41.3 Å². The first-order chi connectivity index (χ1) is 15.9. The van der Waals surface area contributed by atoms with Crippen molar-refractivity contribution >= 4 is 57.5 Å². The van der Waals surface area contributed by atoms with Crippen molar-refractivity contribution in [3.05, 3.63) is 81.4 Å². The van der Waals surface area contributed by atoms with Gasteiger partial charge in [0.15, 0.2) is 5.13 Å². The number of aromatic nitrogens is 1. The Kier molecular flexibility index (Phi) is 8.56. The van der Waals surface area contributed by atoms with Gasteiger partial charge in [-0.15, -0.1) is 23.1 Å². The molecular formula is C22H20N4O5S2. The summed E-state index contributed by atoms with van der Waals surface area (Å²) in [5, 5.41) is 18.4. The number of nitro benzene ring substituents is 1. The van der Waals surface area contributed by atoms with E-state index in [1.54, 1.807) is 49.6 Å². The normalized spacial score (nSPS) is 10.7. The molecule has 3 rings (SSSR count). The topological polar surface area (TPSA) is 123 Å². The number of thiazole rings is 1. The Morgan fingerprint density at radius 2 is 1.88 bits per heavy atom. The monoisotopic (exact) mass is 484 g/mol. The van der Waals surface area contributed by atoms with Gasteiger partial charge in [-0.1, -0.05) is 0 Å². The van der Waals surface area contributed by atoms with Crippen LogP contribution in [0.2, 0.25) is 0 Å². The average Bonchev–Trinajstić information content (AvgIpc) is 3.25. The van der Waals surface area contributed by atoms with Crippen molar-refractivity contribution in [1.82, 2.24) is 4.98 Å². The number of nitrogens with zero attached hydrogens (tertiary/aromatic N) is 2. The lowest BCUT2D eigenvalue weighted by molar-refractivity contribution is -0.384. The number of thioether (sulfide) groups is 1. The summed E-state index contributed by atoms with van der Waals surface area (Å²) in [6.07, 6.45) is 2.89. The van der Waals surface area contributed by atoms with Gasteiger partial charge >= 0.3 is 0 Å². The molecule has 3 aromatic rings. The molecular weight excluding hydrogens is 464 g/mol. The van der Waals surface area contributed by atoms with E-state index < -0.39 is 4.92 Å². The molecule has 170 valence electrons. The van der Waals surface area contributed by atoms with E-state index in [0.29, 0.717) is 22.1 Å². The van der Waals surface area contributed by atoms with Gasteiger partial charge in [-0.3, -0.25) is 25.0 Å². The molecule has 0 spiro atoms. The number of amides is 2. The molecule has 2 aromatic carbocycles. The number of carbonyl (C=O) groups is 2. The number of methoxy groups -OCH3 is 1. The predicted molar refractivity (Wildman–Crippen MR) is 131 cm³/mol. The number of anilines is 2. The van der Waals surface area contributed by atoms with Gasteiger partial charge < -0.3 is 10.1 Å². The van der Waals surface area contributed by atoms with Gasteiger partial charge in [0.1, 0.15) is 5.75 Å². The minimum atomic E-state index is -0.480. The zero-order valence-corrected chi connectivity index (χ0v) is 19.2. The molecule has 0 unspecified atom stereocenters. The van der Waals surface area contributed by atoms with Gasteiger partial charge in [0.05, 0.1) is 23.5 Å². The van der Waals surface area contributed by atoms with Gasteiger partial charge in [-0.05, 0) is 48.0 Å². The third kappa shape index (κ3) is 7.74. The molecule has 0 bridgehead atoms. The summed E-state index contributed by atoms with van der Waals surface area (Å²) in [5.74, 6) is 1.03. The van der Waals surface area contributed by atoms with E-state index in [9.17, 15) is 19.7 Å². The summed E-state index contributed by atoms with van der Waals surface area (Å²) in [7, 11) is 1.58. The second-order valence-electron chi connectivity index (χ2n) is 6.58. The maximum absolute atomic E-state index is 12.1. The molecule has 1 heterocycles. The summed E-state index contributed by atoms with van der Waals surface area (Å²) in [6.45, 7) is 0. The zero-order chi connectivity index (χ0) is 23.6. The van der Waals surface area contributed by atoms with Crippen molar-refractivity contribution in [3.63, 3.8) is 0 Å². The maximum atomic E-state index is 12.1. The second kappa shape index (κ2) is 11.8. The molecule has 2 amide bonds. The minimum Gasteiger partial charge on any atom is -0.497 e. The highest BCUT2D eigenvalue weighted by Gasteiger charge is 2.08. The standard InChI is InChI=1S/C22H20N4O5S2/c1-31-19-9-5-16(6-10-19)23-21(28)14-32-12-17-13-33-22(24-17)25-20(27)11-4-15-2-7-18(8-3-15)26(29)30/h2-11,13H,12,14H2,1H3,(H,23,28)(H,24,25,27)/b11-4+. The van der Waals surface area contributed by atoms with Gasteiger partial charge in [0.2, 0.25) is 11.8 Å². The van der Waals surface area contributed by atoms with E-state index in [2.05, 4.69) is 15.6 Å². The molecule has 2 N–H and O–H groups in total. The summed E-state index contributed by atoms with van der Waals surface area (Å²) < 4.78 is 5.09. The van der Waals surface area contributed by atoms with E-state index >= 15 is 0 Å². The summed E-state index contributed by atoms with van der Waals surface area (Å²) in [5.41, 5.74) is 2.11.